The van der Waals surface area contributed by atoms with Crippen LogP contribution >= 0.6 is 0 Å². The third-order valence-corrected chi connectivity index (χ3v) is 14.3. The number of phenols is 2. The fourth-order valence-corrected chi connectivity index (χ4v) is 9.67. The van der Waals surface area contributed by atoms with Gasteiger partial charge in [0.25, 0.3) is 11.8 Å². The average Bonchev–Trinajstić information content (AvgIpc) is 4.17. The van der Waals surface area contributed by atoms with Gasteiger partial charge in [0.15, 0.2) is 11.9 Å². The molecule has 0 bridgehead atoms. The first-order valence-corrected chi connectivity index (χ1v) is 27.3. The number of benzene rings is 2. The van der Waals surface area contributed by atoms with Gasteiger partial charge in [0.2, 0.25) is 23.5 Å². The Morgan fingerprint density at radius 3 is 1.67 bits per heavy atom. The lowest BCUT2D eigenvalue weighted by molar-refractivity contribution is -0.149. The van der Waals surface area contributed by atoms with Crippen molar-refractivity contribution in [2.24, 2.45) is 5.92 Å². The summed E-state index contributed by atoms with van der Waals surface area (Å²) in [5, 5.41) is 118. The molecule has 2 aliphatic heterocycles. The van der Waals surface area contributed by atoms with Crippen LogP contribution in [0.1, 0.15) is 61.3 Å². The number of carbonyl (C=O) groups is 8. The maximum absolute atomic E-state index is 14.2. The second-order valence-electron chi connectivity index (χ2n) is 20.9. The van der Waals surface area contributed by atoms with E-state index in [1.54, 1.807) is 44.7 Å². The minimum atomic E-state index is -2.36. The van der Waals surface area contributed by atoms with Gasteiger partial charge >= 0.3 is 17.9 Å². The standard InChI is InChI=1S/C53H78N12O18/c1-4-54-52(82)50-59-58-49(36-22-35(31(2)3)38(67)23-39(36)68)65(50)34-7-5-32(6-8-34)21-33-9-11-64(12-10-33)53(83)37(24-56-51(81)48(80)47(79)46(78)40(69)30-66)57-41(70)25-55-42(71)26-60-13-15-61(27-43(72)73)17-19-63(29-45(76)77)20-18-62(16-14-60)28-44(74)75/h5-8,22-23,31,33,37,40,46-48,66-69,78-80H,4,9-21,24-30H2,1-3H3,(H,54,82)(H,55,71)(H,56,81)(H,57,70)(H,72,73)(H,74,75)(H,76,77)/t37-,40+,46+,47-,48+/m0/s1. The van der Waals surface area contributed by atoms with Crippen molar-refractivity contribution in [3.63, 3.8) is 0 Å². The van der Waals surface area contributed by atoms with Crippen LogP contribution in [0.4, 0.5) is 0 Å². The number of nitrogens with one attached hydrogen (secondary N) is 4. The number of nitrogens with zero attached hydrogens (tertiary/aromatic N) is 8. The van der Waals surface area contributed by atoms with E-state index in [9.17, 15) is 89.4 Å². The second kappa shape index (κ2) is 31.9. The molecule has 5 rings (SSSR count). The third kappa shape index (κ3) is 19.9. The van der Waals surface area contributed by atoms with Gasteiger partial charge in [0.1, 0.15) is 35.9 Å². The molecule has 0 spiro atoms. The van der Waals surface area contributed by atoms with E-state index in [1.807, 2.05) is 26.0 Å². The van der Waals surface area contributed by atoms with Crippen LogP contribution in [-0.4, -0.2) is 286 Å². The van der Waals surface area contributed by atoms with E-state index in [0.717, 1.165) is 5.56 Å². The number of aliphatic hydroxyl groups is 5. The van der Waals surface area contributed by atoms with Gasteiger partial charge in [-0.1, -0.05) is 26.0 Å². The molecule has 0 radical (unpaired) electrons. The summed E-state index contributed by atoms with van der Waals surface area (Å²) in [7, 11) is 0. The van der Waals surface area contributed by atoms with Crippen LogP contribution in [0.3, 0.4) is 0 Å². The van der Waals surface area contributed by atoms with E-state index in [2.05, 4.69) is 31.5 Å². The van der Waals surface area contributed by atoms with Gasteiger partial charge in [0.05, 0.1) is 44.9 Å². The van der Waals surface area contributed by atoms with Crippen LogP contribution in [-0.2, 0) is 40.0 Å². The summed E-state index contributed by atoms with van der Waals surface area (Å²) in [5.41, 5.74) is 2.20. The summed E-state index contributed by atoms with van der Waals surface area (Å²) >= 11 is 0. The van der Waals surface area contributed by atoms with Crippen molar-refractivity contribution in [1.82, 2.24) is 60.5 Å². The lowest BCUT2D eigenvalue weighted by Gasteiger charge is -2.35. The van der Waals surface area contributed by atoms with Crippen LogP contribution in [0.5, 0.6) is 11.5 Å². The molecule has 2 aliphatic rings. The van der Waals surface area contributed by atoms with E-state index in [-0.39, 0.29) is 132 Å². The van der Waals surface area contributed by atoms with Gasteiger partial charge in [-0.15, -0.1) is 10.2 Å². The number of hydrogen-bond donors (Lipinski definition) is 14. The third-order valence-electron chi connectivity index (χ3n) is 14.3. The number of carboxylic acid groups (broad SMARTS) is 3. The molecule has 1 aromatic heterocycles. The van der Waals surface area contributed by atoms with Crippen LogP contribution < -0.4 is 21.3 Å². The van der Waals surface area contributed by atoms with Crippen molar-refractivity contribution in [1.29, 1.82) is 0 Å². The molecule has 83 heavy (non-hydrogen) atoms. The molecule has 2 aromatic carbocycles. The molecule has 5 amide bonds. The van der Waals surface area contributed by atoms with E-state index in [4.69, 9.17) is 0 Å². The van der Waals surface area contributed by atoms with Crippen LogP contribution in [0.2, 0.25) is 0 Å². The number of aromatic nitrogens is 3. The van der Waals surface area contributed by atoms with Crippen molar-refractivity contribution in [3.05, 3.63) is 53.3 Å². The first-order chi connectivity index (χ1) is 39.4. The largest absolute Gasteiger partial charge is 0.508 e. The molecule has 458 valence electrons. The quantitative estimate of drug-likeness (QED) is 0.0361. The van der Waals surface area contributed by atoms with Gasteiger partial charge in [-0.3, -0.25) is 62.5 Å². The number of carbonyl (C=O) groups excluding carboxylic acids is 5. The maximum Gasteiger partial charge on any atom is 0.317 e. The number of aromatic hydroxyl groups is 2. The molecule has 30 heteroatoms. The molecular formula is C53H78N12O18. The molecule has 3 aromatic rings. The molecule has 2 fully saturated rings. The summed E-state index contributed by atoms with van der Waals surface area (Å²) in [6.07, 6.45) is -7.16. The highest BCUT2D eigenvalue weighted by Crippen LogP contribution is 2.38. The Morgan fingerprint density at radius 1 is 0.651 bits per heavy atom. The monoisotopic (exact) mass is 1170 g/mol. The van der Waals surface area contributed by atoms with Crippen LogP contribution in [0.25, 0.3) is 17.1 Å². The van der Waals surface area contributed by atoms with Gasteiger partial charge in [-0.2, -0.15) is 0 Å². The first-order valence-electron chi connectivity index (χ1n) is 27.3. The molecule has 3 heterocycles. The topological polar surface area (TPSA) is 434 Å². The number of rotatable bonds is 26. The Balaban J connectivity index is 1.26. The van der Waals surface area contributed by atoms with E-state index >= 15 is 0 Å². The molecule has 30 nitrogen and oxygen atoms in total. The molecular weight excluding hydrogens is 1090 g/mol. The highest BCUT2D eigenvalue weighted by Gasteiger charge is 2.36. The SMILES string of the molecule is CCNC(=O)c1nnc(-c2cc(C(C)C)c(O)cc2O)n1-c1ccc(CC2CCN(C(=O)[C@H](CNC(=O)[C@H](O)[C@@H](O)[C@H](O)[C@H](O)CO)NC(=O)CNC(=O)CN3CCN(CC(=O)O)CCN(CC(=O)O)CCN(CC(=O)O)CC3)CC2)cc1. The zero-order valence-corrected chi connectivity index (χ0v) is 46.7. The van der Waals surface area contributed by atoms with E-state index in [0.29, 0.717) is 37.1 Å². The zero-order chi connectivity index (χ0) is 61.1. The maximum atomic E-state index is 14.2. The number of carboxylic acids is 3. The Bertz CT molecular complexity index is 2670. The average molecular weight is 1170 g/mol. The smallest absolute Gasteiger partial charge is 0.317 e. The Hall–Kier alpha value is -7.42. The number of phenolic OH excluding ortho intramolecular Hbond substituents is 2. The minimum Gasteiger partial charge on any atom is -0.508 e. The minimum absolute atomic E-state index is 0.0381. The van der Waals surface area contributed by atoms with E-state index in [1.165, 1.54) is 15.5 Å². The number of hydrogen-bond acceptors (Lipinski definition) is 21. The highest BCUT2D eigenvalue weighted by molar-refractivity contribution is 5.93. The van der Waals surface area contributed by atoms with Gasteiger partial charge in [0, 0.05) is 90.3 Å². The molecule has 14 N–H and O–H groups in total. The molecule has 0 unspecified atom stereocenters. The molecule has 5 atom stereocenters. The molecule has 0 saturated carbocycles. The van der Waals surface area contributed by atoms with E-state index < -0.39 is 97.6 Å². The van der Waals surface area contributed by atoms with Crippen molar-refractivity contribution in [3.8, 4) is 28.6 Å². The van der Waals surface area contributed by atoms with Crippen molar-refractivity contribution < 1.29 is 89.4 Å². The highest BCUT2D eigenvalue weighted by atomic mass is 16.4. The van der Waals surface area contributed by atoms with Gasteiger partial charge < -0.3 is 77.2 Å². The number of aliphatic hydroxyl groups excluding tert-OH is 5. The van der Waals surface area contributed by atoms with Gasteiger partial charge in [-0.05, 0) is 67.3 Å². The fourth-order valence-electron chi connectivity index (χ4n) is 9.67. The zero-order valence-electron chi connectivity index (χ0n) is 46.7. The number of piperidine rings is 1. The van der Waals surface area contributed by atoms with Crippen LogP contribution in [0, 0.1) is 5.92 Å². The Labute approximate surface area is 478 Å². The van der Waals surface area contributed by atoms with Crippen molar-refractivity contribution in [2.75, 3.05) is 118 Å². The Kier molecular flexibility index (Phi) is 25.5. The van der Waals surface area contributed by atoms with Crippen molar-refractivity contribution >= 4 is 47.4 Å². The second-order valence-corrected chi connectivity index (χ2v) is 20.9. The van der Waals surface area contributed by atoms with Crippen molar-refractivity contribution in [2.45, 2.75) is 76.4 Å². The number of amides is 5. The summed E-state index contributed by atoms with van der Waals surface area (Å²) in [5.74, 6) is -7.72. The predicted octanol–water partition coefficient (Wildman–Crippen LogP) is -4.37. The number of aliphatic carboxylic acids is 3. The summed E-state index contributed by atoms with van der Waals surface area (Å²) in [6.45, 7) is 3.50. The lowest BCUT2D eigenvalue weighted by Crippen LogP contribution is -2.58. The Morgan fingerprint density at radius 2 is 1.18 bits per heavy atom. The fraction of sp³-hybridized carbons (Fsp3) is 0.585. The van der Waals surface area contributed by atoms with Gasteiger partial charge in [-0.25, -0.2) is 0 Å². The predicted molar refractivity (Wildman–Crippen MR) is 293 cm³/mol. The molecule has 2 saturated heterocycles. The summed E-state index contributed by atoms with van der Waals surface area (Å²) in [6, 6.07) is 8.58. The molecule has 0 aliphatic carbocycles. The first kappa shape index (κ1) is 66.4. The summed E-state index contributed by atoms with van der Waals surface area (Å²) < 4.78 is 1.51. The van der Waals surface area contributed by atoms with Crippen LogP contribution in [0.15, 0.2) is 36.4 Å². The number of likely N-dealkylation sites (tertiary alicyclic amines) is 1. The lowest BCUT2D eigenvalue weighted by atomic mass is 9.90. The summed E-state index contributed by atoms with van der Waals surface area (Å²) in [4.78, 5) is 110. The normalized spacial score (nSPS) is 17.5.